The Morgan fingerprint density at radius 3 is 2.71 bits per heavy atom. The van der Waals surface area contributed by atoms with Crippen molar-refractivity contribution >= 4 is 11.3 Å². The molecule has 0 amide bonds. The Labute approximate surface area is 87.7 Å². The molecule has 14 heavy (non-hydrogen) atoms. The molecule has 2 aromatic heterocycles. The first kappa shape index (κ1) is 9.34. The lowest BCUT2D eigenvalue weighted by Crippen LogP contribution is -1.81. The zero-order chi connectivity index (χ0) is 9.97. The summed E-state index contributed by atoms with van der Waals surface area (Å²) >= 11 is 1.74. The summed E-state index contributed by atoms with van der Waals surface area (Å²) in [6.45, 7) is 4.32. The van der Waals surface area contributed by atoms with Crippen LogP contribution < -0.4 is 0 Å². The minimum absolute atomic E-state index is 0.505. The SMILES string of the molecule is CC(C)c1ncc(-c2cccnc2)s1. The Morgan fingerprint density at radius 2 is 2.14 bits per heavy atom. The van der Waals surface area contributed by atoms with Crippen LogP contribution in [0.4, 0.5) is 0 Å². The van der Waals surface area contributed by atoms with E-state index in [1.54, 1.807) is 17.5 Å². The fraction of sp³-hybridized carbons (Fsp3) is 0.273. The maximum absolute atomic E-state index is 4.38. The van der Waals surface area contributed by atoms with Crippen LogP contribution in [0.15, 0.2) is 30.7 Å². The predicted molar refractivity (Wildman–Crippen MR) is 59.4 cm³/mol. The maximum atomic E-state index is 4.38. The van der Waals surface area contributed by atoms with Crippen molar-refractivity contribution in [2.24, 2.45) is 0 Å². The second-order valence-corrected chi connectivity index (χ2v) is 4.52. The molecule has 0 aliphatic heterocycles. The summed E-state index contributed by atoms with van der Waals surface area (Å²) in [7, 11) is 0. The normalized spacial score (nSPS) is 10.8. The Kier molecular flexibility index (Phi) is 2.59. The van der Waals surface area contributed by atoms with Crippen LogP contribution in [0.5, 0.6) is 0 Å². The van der Waals surface area contributed by atoms with Crippen LogP contribution in [0, 0.1) is 0 Å². The molecule has 0 saturated carbocycles. The van der Waals surface area contributed by atoms with Crippen LogP contribution >= 0.6 is 11.3 Å². The van der Waals surface area contributed by atoms with Crippen LogP contribution in [0.25, 0.3) is 10.4 Å². The molecule has 0 saturated heterocycles. The Morgan fingerprint density at radius 1 is 1.29 bits per heavy atom. The first-order chi connectivity index (χ1) is 6.77. The number of pyridine rings is 1. The van der Waals surface area contributed by atoms with E-state index in [2.05, 4.69) is 29.9 Å². The van der Waals surface area contributed by atoms with Crippen LogP contribution in [0.2, 0.25) is 0 Å². The lowest BCUT2D eigenvalue weighted by Gasteiger charge is -1.96. The molecule has 2 nitrogen and oxygen atoms in total. The van der Waals surface area contributed by atoms with E-state index in [9.17, 15) is 0 Å². The highest BCUT2D eigenvalue weighted by atomic mass is 32.1. The number of nitrogens with zero attached hydrogens (tertiary/aromatic N) is 2. The van der Waals surface area contributed by atoms with Gasteiger partial charge < -0.3 is 0 Å². The molecule has 2 aromatic rings. The van der Waals surface area contributed by atoms with Gasteiger partial charge in [0.2, 0.25) is 0 Å². The van der Waals surface area contributed by atoms with Gasteiger partial charge in [0.05, 0.1) is 9.88 Å². The summed E-state index contributed by atoms with van der Waals surface area (Å²) in [6, 6.07) is 4.01. The van der Waals surface area contributed by atoms with E-state index < -0.39 is 0 Å². The zero-order valence-corrected chi connectivity index (χ0v) is 9.08. The molecule has 0 bridgehead atoms. The third-order valence-electron chi connectivity index (χ3n) is 1.96. The van der Waals surface area contributed by atoms with E-state index in [-0.39, 0.29) is 0 Å². The van der Waals surface area contributed by atoms with E-state index in [1.165, 1.54) is 9.88 Å². The molecule has 0 aromatic carbocycles. The second-order valence-electron chi connectivity index (χ2n) is 3.46. The highest BCUT2D eigenvalue weighted by Crippen LogP contribution is 2.28. The van der Waals surface area contributed by atoms with E-state index in [0.717, 1.165) is 5.56 Å². The van der Waals surface area contributed by atoms with Crippen molar-refractivity contribution < 1.29 is 0 Å². The number of rotatable bonds is 2. The van der Waals surface area contributed by atoms with Crippen LogP contribution in [-0.4, -0.2) is 9.97 Å². The number of hydrogen-bond acceptors (Lipinski definition) is 3. The van der Waals surface area contributed by atoms with Crippen molar-refractivity contribution in [3.63, 3.8) is 0 Å². The van der Waals surface area contributed by atoms with Crippen molar-refractivity contribution in [2.75, 3.05) is 0 Å². The van der Waals surface area contributed by atoms with E-state index in [4.69, 9.17) is 0 Å². The maximum Gasteiger partial charge on any atom is 0.0956 e. The molecule has 72 valence electrons. The summed E-state index contributed by atoms with van der Waals surface area (Å²) < 4.78 is 0. The molecular weight excluding hydrogens is 192 g/mol. The average Bonchev–Trinajstić information content (AvgIpc) is 2.68. The van der Waals surface area contributed by atoms with Gasteiger partial charge in [-0.15, -0.1) is 11.3 Å². The minimum atomic E-state index is 0.505. The van der Waals surface area contributed by atoms with Gasteiger partial charge in [-0.25, -0.2) is 4.98 Å². The minimum Gasteiger partial charge on any atom is -0.264 e. The number of hydrogen-bond donors (Lipinski definition) is 0. The van der Waals surface area contributed by atoms with Gasteiger partial charge in [0.15, 0.2) is 0 Å². The average molecular weight is 204 g/mol. The van der Waals surface area contributed by atoms with Crippen LogP contribution in [-0.2, 0) is 0 Å². The third kappa shape index (κ3) is 1.82. The summed E-state index contributed by atoms with van der Waals surface area (Å²) in [6.07, 6.45) is 5.59. The molecule has 0 N–H and O–H groups in total. The van der Waals surface area contributed by atoms with Crippen molar-refractivity contribution in [1.29, 1.82) is 0 Å². The van der Waals surface area contributed by atoms with Gasteiger partial charge in [-0.1, -0.05) is 19.9 Å². The molecule has 0 aliphatic rings. The van der Waals surface area contributed by atoms with Gasteiger partial charge >= 0.3 is 0 Å². The van der Waals surface area contributed by atoms with E-state index in [0.29, 0.717) is 5.92 Å². The Balaban J connectivity index is 2.34. The fourth-order valence-electron chi connectivity index (χ4n) is 1.20. The molecule has 0 atom stereocenters. The predicted octanol–water partition coefficient (Wildman–Crippen LogP) is 3.33. The van der Waals surface area contributed by atoms with Crippen molar-refractivity contribution in [3.05, 3.63) is 35.7 Å². The van der Waals surface area contributed by atoms with Gasteiger partial charge in [0, 0.05) is 30.1 Å². The Bertz CT molecular complexity index is 406. The molecule has 3 heteroatoms. The second kappa shape index (κ2) is 3.88. The first-order valence-corrected chi connectivity index (χ1v) is 5.45. The molecular formula is C11H12N2S. The summed E-state index contributed by atoms with van der Waals surface area (Å²) in [5, 5.41) is 1.18. The van der Waals surface area contributed by atoms with Crippen LogP contribution in [0.3, 0.4) is 0 Å². The number of aromatic nitrogens is 2. The molecule has 0 radical (unpaired) electrons. The molecule has 2 rings (SSSR count). The van der Waals surface area contributed by atoms with Gasteiger partial charge in [-0.2, -0.15) is 0 Å². The summed E-state index contributed by atoms with van der Waals surface area (Å²) in [5.41, 5.74) is 1.15. The summed E-state index contributed by atoms with van der Waals surface area (Å²) in [5.74, 6) is 0.505. The zero-order valence-electron chi connectivity index (χ0n) is 8.27. The molecule has 0 spiro atoms. The first-order valence-electron chi connectivity index (χ1n) is 4.63. The lowest BCUT2D eigenvalue weighted by molar-refractivity contribution is 0.852. The van der Waals surface area contributed by atoms with E-state index >= 15 is 0 Å². The standard InChI is InChI=1S/C11H12N2S/c1-8(2)11-13-7-10(14-11)9-4-3-5-12-6-9/h3-8H,1-2H3. The third-order valence-corrected chi connectivity index (χ3v) is 3.31. The van der Waals surface area contributed by atoms with Gasteiger partial charge in [-0.3, -0.25) is 4.98 Å². The smallest absolute Gasteiger partial charge is 0.0956 e. The molecule has 2 heterocycles. The number of thiazole rings is 1. The van der Waals surface area contributed by atoms with Crippen molar-refractivity contribution in [1.82, 2.24) is 9.97 Å². The largest absolute Gasteiger partial charge is 0.264 e. The van der Waals surface area contributed by atoms with Crippen molar-refractivity contribution in [3.8, 4) is 10.4 Å². The molecule has 0 aliphatic carbocycles. The van der Waals surface area contributed by atoms with Gasteiger partial charge in [0.1, 0.15) is 0 Å². The highest BCUT2D eigenvalue weighted by Gasteiger charge is 2.06. The monoisotopic (exact) mass is 204 g/mol. The van der Waals surface area contributed by atoms with Gasteiger partial charge in [0.25, 0.3) is 0 Å². The van der Waals surface area contributed by atoms with Gasteiger partial charge in [-0.05, 0) is 6.07 Å². The molecule has 0 unspecified atom stereocenters. The summed E-state index contributed by atoms with van der Waals surface area (Å²) in [4.78, 5) is 9.67. The molecule has 0 fully saturated rings. The lowest BCUT2D eigenvalue weighted by atomic mass is 10.2. The highest BCUT2D eigenvalue weighted by molar-refractivity contribution is 7.15. The van der Waals surface area contributed by atoms with E-state index in [1.807, 2.05) is 18.5 Å². The quantitative estimate of drug-likeness (QED) is 0.750. The van der Waals surface area contributed by atoms with Crippen LogP contribution in [0.1, 0.15) is 24.8 Å². The van der Waals surface area contributed by atoms with Crippen molar-refractivity contribution in [2.45, 2.75) is 19.8 Å². The topological polar surface area (TPSA) is 25.8 Å². The fourth-order valence-corrected chi connectivity index (χ4v) is 2.11. The Hall–Kier alpha value is -1.22.